The molecule has 154 valence electrons. The molecule has 8 heteroatoms. The third-order valence-electron chi connectivity index (χ3n) is 4.88. The summed E-state index contributed by atoms with van der Waals surface area (Å²) < 4.78 is 28.8. The number of nitrogens with one attached hydrogen (secondary N) is 1. The van der Waals surface area contributed by atoms with E-state index in [1.165, 1.54) is 6.07 Å². The molecule has 0 radical (unpaired) electrons. The summed E-state index contributed by atoms with van der Waals surface area (Å²) in [4.78, 5) is 11.4. The molecular weight excluding hydrogens is 422 g/mol. The maximum atomic E-state index is 13.1. The van der Waals surface area contributed by atoms with Crippen molar-refractivity contribution < 1.29 is 23.4 Å². The fourth-order valence-corrected chi connectivity index (χ4v) is 5.28. The van der Waals surface area contributed by atoms with Crippen molar-refractivity contribution in [2.24, 2.45) is 0 Å². The van der Waals surface area contributed by atoms with Crippen LogP contribution in [0, 0.1) is 0 Å². The molecule has 0 saturated carbocycles. The maximum absolute atomic E-state index is 13.1. The Balaban J connectivity index is 1.76. The van der Waals surface area contributed by atoms with Crippen molar-refractivity contribution >= 4 is 50.3 Å². The van der Waals surface area contributed by atoms with Crippen molar-refractivity contribution in [1.29, 1.82) is 0 Å². The highest BCUT2D eigenvalue weighted by Crippen LogP contribution is 2.40. The quantitative estimate of drug-likeness (QED) is 0.385. The molecule has 0 heterocycles. The molecular formula is C22H19NO5S2. The van der Waals surface area contributed by atoms with Crippen LogP contribution in [0.3, 0.4) is 0 Å². The van der Waals surface area contributed by atoms with E-state index in [-0.39, 0.29) is 22.1 Å². The van der Waals surface area contributed by atoms with Crippen LogP contribution >= 0.6 is 11.8 Å². The van der Waals surface area contributed by atoms with Crippen LogP contribution in [-0.2, 0) is 21.2 Å². The Morgan fingerprint density at radius 2 is 1.87 bits per heavy atom. The molecule has 0 spiro atoms. The Morgan fingerprint density at radius 1 is 1.10 bits per heavy atom. The third kappa shape index (κ3) is 4.01. The van der Waals surface area contributed by atoms with Gasteiger partial charge in [-0.1, -0.05) is 42.5 Å². The van der Waals surface area contributed by atoms with Gasteiger partial charge in [-0.15, -0.1) is 11.8 Å². The number of rotatable bonds is 6. The van der Waals surface area contributed by atoms with Crippen molar-refractivity contribution in [1.82, 2.24) is 0 Å². The highest BCUT2D eigenvalue weighted by Gasteiger charge is 2.20. The minimum absolute atomic E-state index is 0.0706. The summed E-state index contributed by atoms with van der Waals surface area (Å²) in [6, 6.07) is 13.4. The Labute approximate surface area is 178 Å². The lowest BCUT2D eigenvalue weighted by molar-refractivity contribution is -0.133. The molecule has 4 rings (SSSR count). The number of carbonyl (C=O) groups is 1. The number of sulfonamides is 1. The number of anilines is 1. The SMILES string of the molecule is O=C(O)CSc1cc(NS(=O)(=O)c2ccc3c(c2)C=CCC3)c2ccccc2c1O. The number of thioether (sulfide) groups is 1. The molecule has 0 amide bonds. The number of fused-ring (bicyclic) bond motifs is 2. The largest absolute Gasteiger partial charge is 0.506 e. The van der Waals surface area contributed by atoms with Gasteiger partial charge in [0, 0.05) is 10.8 Å². The predicted molar refractivity (Wildman–Crippen MR) is 119 cm³/mol. The van der Waals surface area contributed by atoms with Gasteiger partial charge in [-0.25, -0.2) is 8.42 Å². The van der Waals surface area contributed by atoms with Crippen LogP contribution in [0.15, 0.2) is 64.4 Å². The van der Waals surface area contributed by atoms with Gasteiger partial charge in [-0.2, -0.15) is 0 Å². The zero-order valence-corrected chi connectivity index (χ0v) is 17.5. The summed E-state index contributed by atoms with van der Waals surface area (Å²) in [7, 11) is -3.89. The van der Waals surface area contributed by atoms with Crippen molar-refractivity contribution in [3.05, 3.63) is 65.7 Å². The van der Waals surface area contributed by atoms with E-state index in [4.69, 9.17) is 5.11 Å². The van der Waals surface area contributed by atoms with Gasteiger partial charge in [-0.3, -0.25) is 9.52 Å². The van der Waals surface area contributed by atoms with Gasteiger partial charge in [0.2, 0.25) is 0 Å². The van der Waals surface area contributed by atoms with Gasteiger partial charge in [0.15, 0.2) is 0 Å². The summed E-state index contributed by atoms with van der Waals surface area (Å²) in [5, 5.41) is 20.5. The Morgan fingerprint density at radius 3 is 2.63 bits per heavy atom. The van der Waals surface area contributed by atoms with Gasteiger partial charge < -0.3 is 10.2 Å². The average Bonchev–Trinajstić information content (AvgIpc) is 2.74. The first kappa shape index (κ1) is 20.3. The van der Waals surface area contributed by atoms with E-state index < -0.39 is 16.0 Å². The van der Waals surface area contributed by atoms with E-state index >= 15 is 0 Å². The van der Waals surface area contributed by atoms with Gasteiger partial charge in [0.05, 0.1) is 21.2 Å². The van der Waals surface area contributed by atoms with Crippen LogP contribution in [0.25, 0.3) is 16.8 Å². The van der Waals surface area contributed by atoms with Crippen LogP contribution in [-0.4, -0.2) is 30.4 Å². The number of carboxylic acids is 1. The van der Waals surface area contributed by atoms with Crippen molar-refractivity contribution in [3.63, 3.8) is 0 Å². The van der Waals surface area contributed by atoms with Crippen molar-refractivity contribution in [3.8, 4) is 5.75 Å². The van der Waals surface area contributed by atoms with E-state index in [0.29, 0.717) is 15.7 Å². The molecule has 6 nitrogen and oxygen atoms in total. The number of phenols is 1. The topological polar surface area (TPSA) is 104 Å². The molecule has 3 aromatic carbocycles. The number of aliphatic carboxylic acids is 1. The zero-order chi connectivity index (χ0) is 21.3. The van der Waals surface area contributed by atoms with E-state index in [9.17, 15) is 18.3 Å². The number of aromatic hydroxyl groups is 1. The predicted octanol–water partition coefficient (Wildman–Crippen LogP) is 4.48. The number of allylic oxidation sites excluding steroid dienone is 1. The highest BCUT2D eigenvalue weighted by atomic mass is 32.2. The van der Waals surface area contributed by atoms with E-state index in [0.717, 1.165) is 35.7 Å². The molecule has 0 fully saturated rings. The van der Waals surface area contributed by atoms with Crippen molar-refractivity contribution in [2.45, 2.75) is 22.6 Å². The molecule has 3 N–H and O–H groups in total. The fourth-order valence-electron chi connectivity index (χ4n) is 3.44. The summed E-state index contributed by atoms with van der Waals surface area (Å²) in [5.41, 5.74) is 2.28. The number of hydrogen-bond acceptors (Lipinski definition) is 5. The van der Waals surface area contributed by atoms with Crippen molar-refractivity contribution in [2.75, 3.05) is 10.5 Å². The molecule has 30 heavy (non-hydrogen) atoms. The van der Waals surface area contributed by atoms with E-state index in [1.807, 2.05) is 18.2 Å². The second kappa shape index (κ2) is 8.04. The van der Waals surface area contributed by atoms with Gasteiger partial charge in [0.25, 0.3) is 10.0 Å². The summed E-state index contributed by atoms with van der Waals surface area (Å²) in [5.74, 6) is -1.36. The Kier molecular flexibility index (Phi) is 5.44. The molecule has 0 aromatic heterocycles. The first-order valence-electron chi connectivity index (χ1n) is 9.27. The first-order valence-corrected chi connectivity index (χ1v) is 11.7. The summed E-state index contributed by atoms with van der Waals surface area (Å²) in [6.07, 6.45) is 5.76. The summed E-state index contributed by atoms with van der Waals surface area (Å²) in [6.45, 7) is 0. The third-order valence-corrected chi connectivity index (χ3v) is 7.26. The van der Waals surface area contributed by atoms with Crippen LogP contribution in [0.1, 0.15) is 17.5 Å². The number of aryl methyl sites for hydroxylation is 1. The molecule has 3 aromatic rings. The molecule has 0 aliphatic heterocycles. The van der Waals surface area contributed by atoms with Crippen LogP contribution in [0.2, 0.25) is 0 Å². The first-order chi connectivity index (χ1) is 14.3. The summed E-state index contributed by atoms with van der Waals surface area (Å²) >= 11 is 0.931. The maximum Gasteiger partial charge on any atom is 0.313 e. The normalized spacial score (nSPS) is 13.2. The lowest BCUT2D eigenvalue weighted by atomic mass is 9.98. The average molecular weight is 442 g/mol. The second-order valence-electron chi connectivity index (χ2n) is 6.91. The highest BCUT2D eigenvalue weighted by molar-refractivity contribution is 8.00. The van der Waals surface area contributed by atoms with Crippen LogP contribution in [0.4, 0.5) is 5.69 Å². The molecule has 1 aliphatic rings. The molecule has 0 saturated heterocycles. The van der Waals surface area contributed by atoms with Crippen LogP contribution < -0.4 is 4.72 Å². The minimum atomic E-state index is -3.89. The second-order valence-corrected chi connectivity index (χ2v) is 9.61. The van der Waals surface area contributed by atoms with Crippen LogP contribution in [0.5, 0.6) is 5.75 Å². The smallest absolute Gasteiger partial charge is 0.313 e. The lowest BCUT2D eigenvalue weighted by Crippen LogP contribution is -2.14. The number of carboxylic acid groups (broad SMARTS) is 1. The van der Waals surface area contributed by atoms with E-state index in [1.54, 1.807) is 36.4 Å². The molecule has 0 atom stereocenters. The lowest BCUT2D eigenvalue weighted by Gasteiger charge is -2.16. The zero-order valence-electron chi connectivity index (χ0n) is 15.8. The van der Waals surface area contributed by atoms with E-state index in [2.05, 4.69) is 4.72 Å². The molecule has 1 aliphatic carbocycles. The monoisotopic (exact) mass is 441 g/mol. The number of hydrogen-bond donors (Lipinski definition) is 3. The molecule has 0 unspecified atom stereocenters. The minimum Gasteiger partial charge on any atom is -0.506 e. The Hall–Kier alpha value is -2.97. The standard InChI is InChI=1S/C22H19NO5S2/c24-21(25)13-29-20-12-19(17-7-3-4-8-18(17)22(20)26)23-30(27,28)16-10-9-14-5-1-2-6-15(14)11-16/h2-4,6-12,23,26H,1,5,13H2,(H,24,25). The Bertz CT molecular complexity index is 1280. The number of benzene rings is 3. The van der Waals surface area contributed by atoms with Gasteiger partial charge in [-0.05, 0) is 42.2 Å². The fraction of sp³-hybridized carbons (Fsp3) is 0.136. The molecule has 0 bridgehead atoms. The number of phenolic OH excluding ortho intramolecular Hbond substituents is 1. The van der Waals surface area contributed by atoms with Gasteiger partial charge >= 0.3 is 5.97 Å². The van der Waals surface area contributed by atoms with Gasteiger partial charge in [0.1, 0.15) is 5.75 Å².